The maximum absolute atomic E-state index is 13.9. The van der Waals surface area contributed by atoms with E-state index in [1.165, 1.54) is 11.3 Å². The molecule has 1 saturated heterocycles. The summed E-state index contributed by atoms with van der Waals surface area (Å²) in [6.07, 6.45) is 4.15. The van der Waals surface area contributed by atoms with Crippen LogP contribution in [-0.2, 0) is 12.0 Å². The maximum Gasteiger partial charge on any atom is 0.254 e. The van der Waals surface area contributed by atoms with Crippen molar-refractivity contribution in [3.8, 4) is 22.0 Å². The van der Waals surface area contributed by atoms with Gasteiger partial charge in [0.15, 0.2) is 0 Å². The van der Waals surface area contributed by atoms with E-state index in [1.807, 2.05) is 78.0 Å². The summed E-state index contributed by atoms with van der Waals surface area (Å²) < 4.78 is 6.14. The molecule has 0 saturated carbocycles. The second kappa shape index (κ2) is 10.4. The van der Waals surface area contributed by atoms with E-state index in [2.05, 4.69) is 20.2 Å². The zero-order valence-electron chi connectivity index (χ0n) is 21.7. The van der Waals surface area contributed by atoms with Crippen LogP contribution < -0.4 is 5.73 Å². The smallest absolute Gasteiger partial charge is 0.254 e. The minimum absolute atomic E-state index is 0.0193. The Hall–Kier alpha value is -3.73. The molecular formula is C29H28N6O2S2. The summed E-state index contributed by atoms with van der Waals surface area (Å²) in [6.45, 7) is 4.55. The lowest BCUT2D eigenvalue weighted by Crippen LogP contribution is -2.35. The molecule has 39 heavy (non-hydrogen) atoms. The third-order valence-corrected chi connectivity index (χ3v) is 8.76. The Kier molecular flexibility index (Phi) is 6.84. The lowest BCUT2D eigenvalue weighted by molar-refractivity contribution is 0.0735. The van der Waals surface area contributed by atoms with E-state index >= 15 is 0 Å². The molecule has 1 amide bonds. The lowest BCUT2D eigenvalue weighted by Gasteiger charge is -2.23. The van der Waals surface area contributed by atoms with E-state index < -0.39 is 5.54 Å². The molecule has 10 heteroatoms. The van der Waals surface area contributed by atoms with Crippen molar-refractivity contribution in [3.63, 3.8) is 0 Å². The molecule has 3 aromatic heterocycles. The van der Waals surface area contributed by atoms with Gasteiger partial charge in [0.05, 0.1) is 11.6 Å². The largest absolute Gasteiger partial charge is 0.419 e. The van der Waals surface area contributed by atoms with Crippen molar-refractivity contribution in [1.29, 1.82) is 0 Å². The van der Waals surface area contributed by atoms with Crippen molar-refractivity contribution in [3.05, 3.63) is 93.2 Å². The van der Waals surface area contributed by atoms with Gasteiger partial charge in [-0.2, -0.15) is 0 Å². The minimum atomic E-state index is -0.854. The molecule has 4 heterocycles. The van der Waals surface area contributed by atoms with Crippen LogP contribution in [0.25, 0.3) is 22.0 Å². The monoisotopic (exact) mass is 556 g/mol. The molecule has 198 valence electrons. The summed E-state index contributed by atoms with van der Waals surface area (Å²) in [7, 11) is 0. The first kappa shape index (κ1) is 25.5. The highest BCUT2D eigenvalue weighted by Crippen LogP contribution is 2.37. The van der Waals surface area contributed by atoms with Crippen LogP contribution in [-0.4, -0.2) is 37.5 Å². The Bertz CT molecular complexity index is 1590. The zero-order chi connectivity index (χ0) is 27.0. The fraction of sp³-hybridized carbons (Fsp3) is 0.276. The van der Waals surface area contributed by atoms with E-state index in [1.54, 1.807) is 17.5 Å². The van der Waals surface area contributed by atoms with Crippen LogP contribution in [0.4, 0.5) is 0 Å². The van der Waals surface area contributed by atoms with Crippen LogP contribution >= 0.6 is 22.7 Å². The molecule has 0 spiro atoms. The van der Waals surface area contributed by atoms with Crippen molar-refractivity contribution < 1.29 is 9.21 Å². The van der Waals surface area contributed by atoms with Gasteiger partial charge in [0.25, 0.3) is 5.91 Å². The average molecular weight is 557 g/mol. The van der Waals surface area contributed by atoms with E-state index in [9.17, 15) is 4.79 Å². The number of amides is 1. The second-order valence-corrected chi connectivity index (χ2v) is 11.9. The predicted molar refractivity (Wildman–Crippen MR) is 152 cm³/mol. The van der Waals surface area contributed by atoms with Crippen molar-refractivity contribution in [2.24, 2.45) is 5.73 Å². The van der Waals surface area contributed by atoms with Gasteiger partial charge in [0.2, 0.25) is 11.8 Å². The lowest BCUT2D eigenvalue weighted by atomic mass is 9.94. The number of nitrogens with zero attached hydrogens (tertiary/aromatic N) is 5. The van der Waals surface area contributed by atoms with E-state index in [0.717, 1.165) is 39.7 Å². The summed E-state index contributed by atoms with van der Waals surface area (Å²) in [5, 5.41) is 14.4. The van der Waals surface area contributed by atoms with Gasteiger partial charge in [0, 0.05) is 45.9 Å². The predicted octanol–water partition coefficient (Wildman–Crippen LogP) is 6.02. The van der Waals surface area contributed by atoms with Gasteiger partial charge in [0.1, 0.15) is 10.0 Å². The highest BCUT2D eigenvalue weighted by atomic mass is 32.1. The van der Waals surface area contributed by atoms with Gasteiger partial charge in [-0.05, 0) is 56.9 Å². The number of rotatable bonds is 7. The van der Waals surface area contributed by atoms with E-state index in [4.69, 9.17) is 10.2 Å². The number of aryl methyl sites for hydroxylation is 1. The first-order valence-corrected chi connectivity index (χ1v) is 14.6. The van der Waals surface area contributed by atoms with E-state index in [-0.39, 0.29) is 11.9 Å². The number of likely N-dealkylation sites (tertiary alicyclic amines) is 1. The number of aromatic nitrogens is 4. The number of thiazole rings is 2. The summed E-state index contributed by atoms with van der Waals surface area (Å²) >= 11 is 3.12. The van der Waals surface area contributed by atoms with Crippen LogP contribution in [0.5, 0.6) is 0 Å². The number of carbonyl (C=O) groups is 1. The van der Waals surface area contributed by atoms with Crippen LogP contribution in [0.1, 0.15) is 58.3 Å². The van der Waals surface area contributed by atoms with Crippen LogP contribution in [0.3, 0.4) is 0 Å². The molecule has 0 bridgehead atoms. The third kappa shape index (κ3) is 5.27. The summed E-state index contributed by atoms with van der Waals surface area (Å²) in [5.41, 5.74) is 9.87. The quantitative estimate of drug-likeness (QED) is 0.261. The topological polar surface area (TPSA) is 111 Å². The third-order valence-electron chi connectivity index (χ3n) is 6.87. The molecule has 0 radical (unpaired) electrons. The van der Waals surface area contributed by atoms with Crippen LogP contribution in [0.15, 0.2) is 69.9 Å². The average Bonchev–Trinajstić information content (AvgIpc) is 3.74. The van der Waals surface area contributed by atoms with Gasteiger partial charge in [-0.1, -0.05) is 30.3 Å². The standard InChI is InChI=1S/C29H28N6O2S2/c1-18-17-39-26(32-18)23-9-6-11-35(23)27(36)22-14-20(13-21(15-22)25-31-10-12-38-25)24-33-34-28(37-24)29(2,30)16-19-7-4-3-5-8-19/h3-5,7-8,10,12-15,17,23H,6,9,11,16,30H2,1-2H3. The van der Waals surface area contributed by atoms with Gasteiger partial charge in [-0.3, -0.25) is 4.79 Å². The molecule has 5 aromatic rings. The highest BCUT2D eigenvalue weighted by molar-refractivity contribution is 7.13. The highest BCUT2D eigenvalue weighted by Gasteiger charge is 2.33. The molecular weight excluding hydrogens is 528 g/mol. The fourth-order valence-electron chi connectivity index (χ4n) is 4.99. The van der Waals surface area contributed by atoms with Crippen LogP contribution in [0.2, 0.25) is 0 Å². The molecule has 1 aliphatic heterocycles. The van der Waals surface area contributed by atoms with Crippen LogP contribution in [0, 0.1) is 6.92 Å². The van der Waals surface area contributed by atoms with E-state index in [0.29, 0.717) is 35.9 Å². The molecule has 2 N–H and O–H groups in total. The Morgan fingerprint density at radius 2 is 1.97 bits per heavy atom. The number of hydrogen-bond donors (Lipinski definition) is 1. The molecule has 2 aromatic carbocycles. The number of benzene rings is 2. The molecule has 8 nitrogen and oxygen atoms in total. The SMILES string of the molecule is Cc1csc(C2CCCN2C(=O)c2cc(-c3nnc(C(C)(N)Cc4ccccc4)o3)cc(-c3nccs3)c2)n1. The van der Waals surface area contributed by atoms with Crippen molar-refractivity contribution >= 4 is 28.6 Å². The van der Waals surface area contributed by atoms with Gasteiger partial charge < -0.3 is 15.1 Å². The van der Waals surface area contributed by atoms with Gasteiger partial charge >= 0.3 is 0 Å². The number of carbonyl (C=O) groups excluding carboxylic acids is 1. The summed E-state index contributed by atoms with van der Waals surface area (Å²) in [6, 6.07) is 15.6. The molecule has 0 aliphatic carbocycles. The Balaban J connectivity index is 1.35. The Labute approximate surface area is 234 Å². The normalized spacial score (nSPS) is 16.9. The maximum atomic E-state index is 13.9. The Morgan fingerprint density at radius 1 is 1.15 bits per heavy atom. The van der Waals surface area contributed by atoms with Gasteiger partial charge in [-0.15, -0.1) is 32.9 Å². The fourth-order valence-corrected chi connectivity index (χ4v) is 6.56. The first-order valence-electron chi connectivity index (χ1n) is 12.8. The molecule has 2 atom stereocenters. The Morgan fingerprint density at radius 3 is 2.72 bits per heavy atom. The van der Waals surface area contributed by atoms with Crippen molar-refractivity contribution in [1.82, 2.24) is 25.1 Å². The molecule has 2 unspecified atom stereocenters. The molecule has 1 fully saturated rings. The minimum Gasteiger partial charge on any atom is -0.419 e. The van der Waals surface area contributed by atoms with Gasteiger partial charge in [-0.25, -0.2) is 9.97 Å². The molecule has 6 rings (SSSR count). The first-order chi connectivity index (χ1) is 18.9. The zero-order valence-corrected chi connectivity index (χ0v) is 23.3. The number of hydrogen-bond acceptors (Lipinski definition) is 9. The molecule has 1 aliphatic rings. The second-order valence-electron chi connectivity index (χ2n) is 10.1. The number of nitrogens with two attached hydrogens (primary N) is 1. The van der Waals surface area contributed by atoms with Crippen molar-refractivity contribution in [2.45, 2.75) is 44.7 Å². The summed E-state index contributed by atoms with van der Waals surface area (Å²) in [4.78, 5) is 25.0. The van der Waals surface area contributed by atoms with Crippen molar-refractivity contribution in [2.75, 3.05) is 6.54 Å². The summed E-state index contributed by atoms with van der Waals surface area (Å²) in [5.74, 6) is 0.612.